The van der Waals surface area contributed by atoms with Crippen LogP contribution < -0.4 is 5.32 Å². The predicted molar refractivity (Wildman–Crippen MR) is 122 cm³/mol. The number of nitrogens with zero attached hydrogens (tertiary/aromatic N) is 3. The zero-order valence-electron chi connectivity index (χ0n) is 17.3. The first-order valence-electron chi connectivity index (χ1n) is 11.1. The van der Waals surface area contributed by atoms with E-state index in [4.69, 9.17) is 9.98 Å². The molecular weight excluding hydrogens is 356 g/mol. The van der Waals surface area contributed by atoms with Crippen LogP contribution in [0.5, 0.6) is 0 Å². The molecule has 0 amide bonds. The second kappa shape index (κ2) is 10.2. The van der Waals surface area contributed by atoms with Crippen molar-refractivity contribution in [1.29, 1.82) is 0 Å². The average Bonchev–Trinajstić information content (AvgIpc) is 2.76. The molecule has 1 N–H and O–H groups in total. The number of piperidine rings is 1. The van der Waals surface area contributed by atoms with Crippen molar-refractivity contribution in [2.45, 2.75) is 50.9 Å². The number of guanidine groups is 1. The molecule has 0 atom stereocenters. The summed E-state index contributed by atoms with van der Waals surface area (Å²) in [5.74, 6) is 2.60. The molecule has 0 unspecified atom stereocenters. The minimum Gasteiger partial charge on any atom is -0.373 e. The van der Waals surface area contributed by atoms with Crippen LogP contribution in [0.15, 0.2) is 70.6 Å². The van der Waals surface area contributed by atoms with Gasteiger partial charge in [-0.15, -0.1) is 0 Å². The predicted octanol–water partition coefficient (Wildman–Crippen LogP) is 5.51. The molecule has 2 aromatic rings. The van der Waals surface area contributed by atoms with Crippen LogP contribution in [0.25, 0.3) is 0 Å². The number of benzene rings is 2. The van der Waals surface area contributed by atoms with Crippen LogP contribution in [-0.2, 0) is 0 Å². The fourth-order valence-corrected chi connectivity index (χ4v) is 4.23. The monoisotopic (exact) mass is 388 g/mol. The third kappa shape index (κ3) is 5.69. The summed E-state index contributed by atoms with van der Waals surface area (Å²) in [5, 5.41) is 3.55. The van der Waals surface area contributed by atoms with Crippen LogP contribution in [0.1, 0.15) is 56.4 Å². The summed E-state index contributed by atoms with van der Waals surface area (Å²) >= 11 is 0. The summed E-state index contributed by atoms with van der Waals surface area (Å²) in [7, 11) is 0. The normalized spacial score (nSPS) is 20.8. The molecule has 2 aromatic carbocycles. The molecule has 4 heteroatoms. The molecule has 2 heterocycles. The Bertz CT molecular complexity index is 795. The van der Waals surface area contributed by atoms with E-state index in [0.29, 0.717) is 5.92 Å². The molecular formula is C25H32N4. The zero-order valence-corrected chi connectivity index (χ0v) is 17.3. The van der Waals surface area contributed by atoms with Gasteiger partial charge in [0, 0.05) is 26.1 Å². The Kier molecular flexibility index (Phi) is 6.95. The maximum atomic E-state index is 5.04. The molecule has 4 nitrogen and oxygen atoms in total. The second-order valence-corrected chi connectivity index (χ2v) is 8.07. The van der Waals surface area contributed by atoms with Gasteiger partial charge in [-0.05, 0) is 49.3 Å². The summed E-state index contributed by atoms with van der Waals surface area (Å²) in [6.07, 6.45) is 8.38. The Morgan fingerprint density at radius 1 is 0.828 bits per heavy atom. The second-order valence-electron chi connectivity index (χ2n) is 8.07. The van der Waals surface area contributed by atoms with Gasteiger partial charge in [-0.2, -0.15) is 0 Å². The Morgan fingerprint density at radius 2 is 1.52 bits per heavy atom. The van der Waals surface area contributed by atoms with Gasteiger partial charge in [-0.3, -0.25) is 0 Å². The number of likely N-dealkylation sites (tertiary alicyclic amines) is 1. The number of amidine groups is 1. The van der Waals surface area contributed by atoms with Gasteiger partial charge in [0.1, 0.15) is 5.84 Å². The van der Waals surface area contributed by atoms with Crippen molar-refractivity contribution < 1.29 is 0 Å². The van der Waals surface area contributed by atoms with Crippen LogP contribution in [-0.4, -0.2) is 36.3 Å². The maximum Gasteiger partial charge on any atom is 0.227 e. The minimum absolute atomic E-state index is 0.637. The van der Waals surface area contributed by atoms with Crippen molar-refractivity contribution in [3.63, 3.8) is 0 Å². The van der Waals surface area contributed by atoms with E-state index in [-0.39, 0.29) is 0 Å². The van der Waals surface area contributed by atoms with E-state index >= 15 is 0 Å². The fourth-order valence-electron chi connectivity index (χ4n) is 4.23. The highest BCUT2D eigenvalue weighted by Gasteiger charge is 2.23. The highest BCUT2D eigenvalue weighted by atomic mass is 15.3. The van der Waals surface area contributed by atoms with Crippen LogP contribution >= 0.6 is 0 Å². The summed E-state index contributed by atoms with van der Waals surface area (Å²) in [4.78, 5) is 12.4. The summed E-state index contributed by atoms with van der Waals surface area (Å²) < 4.78 is 0. The Morgan fingerprint density at radius 3 is 2.28 bits per heavy atom. The first kappa shape index (κ1) is 19.7. The number of aliphatic imine (C=N–C) groups is 2. The van der Waals surface area contributed by atoms with Crippen LogP contribution in [0.3, 0.4) is 0 Å². The minimum atomic E-state index is 0.637. The SMILES string of the molecule is c1ccc(N=C(N=C2CCCCCCN2)N2CCC(c3ccccc3)CC2)cc1. The molecule has 2 aliphatic rings. The van der Waals surface area contributed by atoms with Gasteiger partial charge in [0.25, 0.3) is 0 Å². The van der Waals surface area contributed by atoms with Gasteiger partial charge in [-0.1, -0.05) is 61.4 Å². The number of para-hydroxylation sites is 1. The highest BCUT2D eigenvalue weighted by Crippen LogP contribution is 2.28. The fraction of sp³-hybridized carbons (Fsp3) is 0.440. The van der Waals surface area contributed by atoms with E-state index in [1.807, 2.05) is 18.2 Å². The van der Waals surface area contributed by atoms with Crippen molar-refractivity contribution in [3.8, 4) is 0 Å². The molecule has 2 saturated heterocycles. The molecule has 0 saturated carbocycles. The number of hydrogen-bond acceptors (Lipinski definition) is 1. The van der Waals surface area contributed by atoms with Crippen molar-refractivity contribution in [3.05, 3.63) is 66.2 Å². The van der Waals surface area contributed by atoms with E-state index in [1.165, 1.54) is 31.2 Å². The van der Waals surface area contributed by atoms with Crippen LogP contribution in [0, 0.1) is 0 Å². The van der Waals surface area contributed by atoms with Gasteiger partial charge >= 0.3 is 0 Å². The summed E-state index contributed by atoms with van der Waals surface area (Å²) in [6.45, 7) is 3.03. The van der Waals surface area contributed by atoms with Gasteiger partial charge in [0.05, 0.1) is 5.69 Å². The van der Waals surface area contributed by atoms with Gasteiger partial charge in [-0.25, -0.2) is 9.98 Å². The third-order valence-electron chi connectivity index (χ3n) is 5.94. The molecule has 0 aromatic heterocycles. The quantitative estimate of drug-likeness (QED) is 0.545. The Labute approximate surface area is 174 Å². The van der Waals surface area contributed by atoms with Crippen molar-refractivity contribution in [2.75, 3.05) is 19.6 Å². The third-order valence-corrected chi connectivity index (χ3v) is 5.94. The summed E-state index contributed by atoms with van der Waals surface area (Å²) in [5.41, 5.74) is 2.43. The largest absolute Gasteiger partial charge is 0.373 e. The molecule has 29 heavy (non-hydrogen) atoms. The number of hydrogen-bond donors (Lipinski definition) is 1. The Balaban J connectivity index is 1.52. The lowest BCUT2D eigenvalue weighted by molar-refractivity contribution is 0.310. The van der Waals surface area contributed by atoms with Crippen molar-refractivity contribution in [1.82, 2.24) is 10.2 Å². The maximum absolute atomic E-state index is 5.04. The topological polar surface area (TPSA) is 40.0 Å². The lowest BCUT2D eigenvalue weighted by atomic mass is 9.89. The van der Waals surface area contributed by atoms with E-state index in [0.717, 1.165) is 56.4 Å². The zero-order chi connectivity index (χ0) is 19.7. The van der Waals surface area contributed by atoms with E-state index in [1.54, 1.807) is 0 Å². The molecule has 152 valence electrons. The molecule has 0 bridgehead atoms. The van der Waals surface area contributed by atoms with Crippen LogP contribution in [0.4, 0.5) is 5.69 Å². The highest BCUT2D eigenvalue weighted by molar-refractivity contribution is 5.97. The molecule has 2 fully saturated rings. The first-order valence-corrected chi connectivity index (χ1v) is 11.1. The molecule has 4 rings (SSSR count). The average molecular weight is 389 g/mol. The van der Waals surface area contributed by atoms with Gasteiger partial charge in [0.15, 0.2) is 0 Å². The standard InChI is InChI=1S/C25H32N4/c1-2-10-18-26-24(15-9-1)28-25(27-23-13-7-4-8-14-23)29-19-16-22(17-20-29)21-11-5-3-6-12-21/h3-8,11-14,22H,1-2,9-10,15-20H2,(H,26,27,28). The van der Waals surface area contributed by atoms with Gasteiger partial charge < -0.3 is 10.2 Å². The van der Waals surface area contributed by atoms with E-state index in [9.17, 15) is 0 Å². The van der Waals surface area contributed by atoms with Crippen LogP contribution in [0.2, 0.25) is 0 Å². The Hall–Kier alpha value is -2.62. The molecule has 0 radical (unpaired) electrons. The van der Waals surface area contributed by atoms with Crippen molar-refractivity contribution in [2.24, 2.45) is 9.98 Å². The van der Waals surface area contributed by atoms with E-state index in [2.05, 4.69) is 52.7 Å². The van der Waals surface area contributed by atoms with Crippen molar-refractivity contribution >= 4 is 17.5 Å². The van der Waals surface area contributed by atoms with Gasteiger partial charge in [0.2, 0.25) is 5.96 Å². The first-order chi connectivity index (χ1) is 14.4. The van der Waals surface area contributed by atoms with E-state index < -0.39 is 0 Å². The smallest absolute Gasteiger partial charge is 0.227 e. The molecule has 2 aliphatic heterocycles. The number of nitrogens with one attached hydrogen (secondary N) is 1. The molecule has 0 aliphatic carbocycles. The molecule has 0 spiro atoms. The lowest BCUT2D eigenvalue weighted by Crippen LogP contribution is -2.38. The number of rotatable bonds is 2. The summed E-state index contributed by atoms with van der Waals surface area (Å²) in [6, 6.07) is 21.2. The lowest BCUT2D eigenvalue weighted by Gasteiger charge is -2.33.